The van der Waals surface area contributed by atoms with Gasteiger partial charge in [0.2, 0.25) is 0 Å². The number of rotatable bonds is 1. The number of aryl methyl sites for hydroxylation is 2. The molecule has 1 aliphatic rings. The average molecular weight is 244 g/mol. The standard InChI is InChI=1S/C14H16N2O2/c1-7-3-9-5-10(6-15)18-13(9)11-4-8(2)14(17)16-12(7)11/h3-4,10H,5-6,15H2,1-2H3,(H,16,17). The Kier molecular flexibility index (Phi) is 2.41. The number of fused-ring (bicyclic) bond motifs is 3. The molecule has 0 spiro atoms. The largest absolute Gasteiger partial charge is 0.488 e. The molecule has 1 aliphatic heterocycles. The maximum atomic E-state index is 11.7. The van der Waals surface area contributed by atoms with Crippen molar-refractivity contribution in [2.24, 2.45) is 5.73 Å². The molecular formula is C14H16N2O2. The van der Waals surface area contributed by atoms with E-state index in [0.717, 1.165) is 28.6 Å². The lowest BCUT2D eigenvalue weighted by molar-refractivity contribution is 0.244. The molecular weight excluding hydrogens is 228 g/mol. The number of hydrogen-bond donors (Lipinski definition) is 2. The zero-order valence-electron chi connectivity index (χ0n) is 10.5. The van der Waals surface area contributed by atoms with Gasteiger partial charge in [-0.2, -0.15) is 0 Å². The zero-order valence-corrected chi connectivity index (χ0v) is 10.5. The quantitative estimate of drug-likeness (QED) is 0.797. The summed E-state index contributed by atoms with van der Waals surface area (Å²) in [5, 5.41) is 0.984. The lowest BCUT2D eigenvalue weighted by Gasteiger charge is -2.10. The maximum Gasteiger partial charge on any atom is 0.251 e. The van der Waals surface area contributed by atoms with Gasteiger partial charge in [-0.15, -0.1) is 0 Å². The van der Waals surface area contributed by atoms with Gasteiger partial charge in [0.05, 0.1) is 5.52 Å². The van der Waals surface area contributed by atoms with Crippen LogP contribution in [0.25, 0.3) is 10.9 Å². The first-order chi connectivity index (χ1) is 8.60. The fourth-order valence-corrected chi connectivity index (χ4v) is 2.57. The molecule has 4 nitrogen and oxygen atoms in total. The van der Waals surface area contributed by atoms with Crippen LogP contribution in [0, 0.1) is 13.8 Å². The molecule has 1 atom stereocenters. The Hall–Kier alpha value is -1.81. The predicted octanol–water partition coefficient (Wildman–Crippen LogP) is 1.41. The van der Waals surface area contributed by atoms with Gasteiger partial charge in [-0.05, 0) is 31.0 Å². The van der Waals surface area contributed by atoms with Crippen molar-refractivity contribution < 1.29 is 4.74 Å². The maximum absolute atomic E-state index is 11.7. The van der Waals surface area contributed by atoms with Crippen LogP contribution in [0.5, 0.6) is 5.75 Å². The third-order valence-corrected chi connectivity index (χ3v) is 3.54. The van der Waals surface area contributed by atoms with Gasteiger partial charge in [0.25, 0.3) is 5.56 Å². The topological polar surface area (TPSA) is 68.1 Å². The number of H-pyrrole nitrogens is 1. The van der Waals surface area contributed by atoms with E-state index in [1.54, 1.807) is 0 Å². The minimum Gasteiger partial charge on any atom is -0.488 e. The van der Waals surface area contributed by atoms with Gasteiger partial charge in [0.15, 0.2) is 0 Å². The molecule has 0 saturated heterocycles. The van der Waals surface area contributed by atoms with Crippen molar-refractivity contribution in [3.8, 4) is 5.75 Å². The summed E-state index contributed by atoms with van der Waals surface area (Å²) >= 11 is 0. The molecule has 18 heavy (non-hydrogen) atoms. The first-order valence-electron chi connectivity index (χ1n) is 6.13. The smallest absolute Gasteiger partial charge is 0.251 e. The highest BCUT2D eigenvalue weighted by Gasteiger charge is 2.25. The molecule has 1 aromatic heterocycles. The third kappa shape index (κ3) is 1.53. The SMILES string of the molecule is Cc1cc2c3c(cc(C)c2[nH]c1=O)CC(CN)O3. The van der Waals surface area contributed by atoms with Gasteiger partial charge in [0.1, 0.15) is 11.9 Å². The second-order valence-corrected chi connectivity index (χ2v) is 4.93. The molecule has 0 fully saturated rings. The Morgan fingerprint density at radius 3 is 2.89 bits per heavy atom. The summed E-state index contributed by atoms with van der Waals surface area (Å²) in [4.78, 5) is 14.6. The van der Waals surface area contributed by atoms with Gasteiger partial charge in [-0.1, -0.05) is 6.07 Å². The lowest BCUT2D eigenvalue weighted by Crippen LogP contribution is -2.24. The molecule has 1 aromatic carbocycles. The van der Waals surface area contributed by atoms with E-state index in [1.807, 2.05) is 19.9 Å². The first-order valence-corrected chi connectivity index (χ1v) is 6.13. The summed E-state index contributed by atoms with van der Waals surface area (Å²) in [7, 11) is 0. The molecule has 3 N–H and O–H groups in total. The van der Waals surface area contributed by atoms with Crippen molar-refractivity contribution in [3.05, 3.63) is 39.2 Å². The second-order valence-electron chi connectivity index (χ2n) is 4.93. The highest BCUT2D eigenvalue weighted by molar-refractivity contribution is 5.90. The number of nitrogens with two attached hydrogens (primary N) is 1. The average Bonchev–Trinajstić information content (AvgIpc) is 2.75. The molecule has 0 amide bonds. The fourth-order valence-electron chi connectivity index (χ4n) is 2.57. The molecule has 0 aliphatic carbocycles. The second kappa shape index (κ2) is 3.85. The van der Waals surface area contributed by atoms with Gasteiger partial charge < -0.3 is 15.5 Å². The van der Waals surface area contributed by atoms with Crippen molar-refractivity contribution in [2.45, 2.75) is 26.4 Å². The van der Waals surface area contributed by atoms with Crippen LogP contribution in [0.2, 0.25) is 0 Å². The van der Waals surface area contributed by atoms with Crippen LogP contribution >= 0.6 is 0 Å². The van der Waals surface area contributed by atoms with Crippen molar-refractivity contribution >= 4 is 10.9 Å². The van der Waals surface area contributed by atoms with E-state index in [0.29, 0.717) is 12.1 Å². The number of hydrogen-bond acceptors (Lipinski definition) is 3. The van der Waals surface area contributed by atoms with E-state index >= 15 is 0 Å². The molecule has 0 bridgehead atoms. The predicted molar refractivity (Wildman–Crippen MR) is 71.2 cm³/mol. The van der Waals surface area contributed by atoms with Crippen LogP contribution < -0.4 is 16.0 Å². The Morgan fingerprint density at radius 2 is 2.17 bits per heavy atom. The van der Waals surface area contributed by atoms with E-state index in [2.05, 4.69) is 11.1 Å². The summed E-state index contributed by atoms with van der Waals surface area (Å²) in [6.07, 6.45) is 0.901. The Morgan fingerprint density at radius 1 is 1.39 bits per heavy atom. The van der Waals surface area contributed by atoms with Crippen molar-refractivity contribution in [2.75, 3.05) is 6.54 Å². The Labute approximate surface area is 105 Å². The van der Waals surface area contributed by atoms with Crippen molar-refractivity contribution in [1.82, 2.24) is 4.98 Å². The van der Waals surface area contributed by atoms with Crippen LogP contribution in [0.1, 0.15) is 16.7 Å². The molecule has 2 aromatic rings. The first kappa shape index (κ1) is 11.3. The van der Waals surface area contributed by atoms with Crippen LogP contribution in [0.15, 0.2) is 16.9 Å². The van der Waals surface area contributed by atoms with Gasteiger partial charge in [0, 0.05) is 23.9 Å². The minimum atomic E-state index is -0.0427. The van der Waals surface area contributed by atoms with E-state index < -0.39 is 0 Å². The normalized spacial score (nSPS) is 17.8. The minimum absolute atomic E-state index is 0.0427. The zero-order chi connectivity index (χ0) is 12.9. The van der Waals surface area contributed by atoms with E-state index in [1.165, 1.54) is 5.56 Å². The summed E-state index contributed by atoms with van der Waals surface area (Å²) < 4.78 is 5.87. The summed E-state index contributed by atoms with van der Waals surface area (Å²) in [6.45, 7) is 4.32. The summed E-state index contributed by atoms with van der Waals surface area (Å²) in [5.41, 5.74) is 9.44. The van der Waals surface area contributed by atoms with Crippen LogP contribution in [0.3, 0.4) is 0 Å². The lowest BCUT2D eigenvalue weighted by atomic mass is 10.0. The highest BCUT2D eigenvalue weighted by atomic mass is 16.5. The van der Waals surface area contributed by atoms with Gasteiger partial charge >= 0.3 is 0 Å². The van der Waals surface area contributed by atoms with Crippen LogP contribution in [-0.4, -0.2) is 17.6 Å². The molecule has 0 radical (unpaired) electrons. The highest BCUT2D eigenvalue weighted by Crippen LogP contribution is 2.37. The van der Waals surface area contributed by atoms with Crippen molar-refractivity contribution in [1.29, 1.82) is 0 Å². The number of pyridine rings is 1. The number of nitrogens with one attached hydrogen (secondary N) is 1. The molecule has 1 unspecified atom stereocenters. The van der Waals surface area contributed by atoms with Crippen LogP contribution in [-0.2, 0) is 6.42 Å². The molecule has 3 rings (SSSR count). The van der Waals surface area contributed by atoms with Gasteiger partial charge in [-0.25, -0.2) is 0 Å². The molecule has 2 heterocycles. The monoisotopic (exact) mass is 244 g/mol. The number of benzene rings is 1. The number of aromatic nitrogens is 1. The summed E-state index contributed by atoms with van der Waals surface area (Å²) in [5.74, 6) is 0.880. The van der Waals surface area contributed by atoms with Gasteiger partial charge in [-0.3, -0.25) is 4.79 Å². The summed E-state index contributed by atoms with van der Waals surface area (Å²) in [6, 6.07) is 3.98. The van der Waals surface area contributed by atoms with E-state index in [4.69, 9.17) is 10.5 Å². The van der Waals surface area contributed by atoms with E-state index in [9.17, 15) is 4.79 Å². The third-order valence-electron chi connectivity index (χ3n) is 3.54. The van der Waals surface area contributed by atoms with E-state index in [-0.39, 0.29) is 11.7 Å². The Bertz CT molecular complexity index is 688. The van der Waals surface area contributed by atoms with Crippen molar-refractivity contribution in [3.63, 3.8) is 0 Å². The van der Waals surface area contributed by atoms with Crippen LogP contribution in [0.4, 0.5) is 0 Å². The Balaban J connectivity index is 2.33. The number of ether oxygens (including phenoxy) is 1. The number of aromatic amines is 1. The fraction of sp³-hybridized carbons (Fsp3) is 0.357. The molecule has 4 heteroatoms. The molecule has 0 saturated carbocycles. The molecule has 94 valence electrons.